The third-order valence-corrected chi connectivity index (χ3v) is 2.40. The van der Waals surface area contributed by atoms with Crippen LogP contribution in [0.3, 0.4) is 0 Å². The van der Waals surface area contributed by atoms with Crippen molar-refractivity contribution in [1.82, 2.24) is 4.90 Å². The summed E-state index contributed by atoms with van der Waals surface area (Å²) in [4.78, 5) is 24.1. The van der Waals surface area contributed by atoms with Crippen molar-refractivity contribution in [2.45, 2.75) is 19.3 Å². The molecular weight excluding hydrogens is 234 g/mol. The zero-order valence-electron chi connectivity index (χ0n) is 11.2. The van der Waals surface area contributed by atoms with Gasteiger partial charge in [0.2, 0.25) is 0 Å². The van der Waals surface area contributed by atoms with Crippen LogP contribution in [0.1, 0.15) is 19.3 Å². The van der Waals surface area contributed by atoms with E-state index in [9.17, 15) is 9.59 Å². The predicted octanol–water partition coefficient (Wildman–Crippen LogP) is 1.46. The number of hydrogen-bond acceptors (Lipinski definition) is 4. The second kappa shape index (κ2) is 8.47. The van der Waals surface area contributed by atoms with Gasteiger partial charge in [-0.25, -0.2) is 9.59 Å². The van der Waals surface area contributed by atoms with Crippen LogP contribution < -0.4 is 0 Å². The Morgan fingerprint density at radius 3 is 2.44 bits per heavy atom. The molecule has 0 saturated carbocycles. The number of ether oxygens (including phenoxy) is 1. The van der Waals surface area contributed by atoms with Gasteiger partial charge >= 0.3 is 11.9 Å². The number of esters is 1. The number of allylic oxidation sites excluding steroid dienone is 1. The summed E-state index contributed by atoms with van der Waals surface area (Å²) >= 11 is 0. The van der Waals surface area contributed by atoms with Gasteiger partial charge in [-0.3, -0.25) is 0 Å². The van der Waals surface area contributed by atoms with Crippen molar-refractivity contribution in [3.8, 4) is 0 Å². The minimum atomic E-state index is -0.952. The largest absolute Gasteiger partial charge is 0.478 e. The lowest BCUT2D eigenvalue weighted by molar-refractivity contribution is -0.136. The van der Waals surface area contributed by atoms with Crippen molar-refractivity contribution < 1.29 is 19.4 Å². The molecule has 0 aromatic carbocycles. The molecule has 0 aliphatic heterocycles. The van der Waals surface area contributed by atoms with Gasteiger partial charge in [0, 0.05) is 11.1 Å². The highest BCUT2D eigenvalue weighted by molar-refractivity contribution is 5.89. The minimum absolute atomic E-state index is 0.205. The number of hydrogen-bond donors (Lipinski definition) is 1. The third kappa shape index (κ3) is 6.85. The Labute approximate surface area is 108 Å². The summed E-state index contributed by atoms with van der Waals surface area (Å²) in [5.41, 5.74) is 0.561. The van der Waals surface area contributed by atoms with E-state index in [-0.39, 0.29) is 12.0 Å². The van der Waals surface area contributed by atoms with Crippen LogP contribution in [-0.4, -0.2) is 49.7 Å². The molecule has 0 saturated heterocycles. The van der Waals surface area contributed by atoms with E-state index in [4.69, 9.17) is 5.11 Å². The number of aliphatic carboxylic acids is 1. The molecular formula is C13H21NO4. The molecule has 0 aromatic rings. The van der Waals surface area contributed by atoms with E-state index in [1.807, 2.05) is 19.0 Å². The van der Waals surface area contributed by atoms with Gasteiger partial charge in [0.1, 0.15) is 0 Å². The van der Waals surface area contributed by atoms with Crippen molar-refractivity contribution in [2.24, 2.45) is 0 Å². The van der Waals surface area contributed by atoms with Crippen LogP contribution in [0.25, 0.3) is 0 Å². The van der Waals surface area contributed by atoms with E-state index in [1.54, 1.807) is 0 Å². The Bertz CT molecular complexity index is 345. The Hall–Kier alpha value is -1.62. The maximum absolute atomic E-state index is 11.1. The molecule has 0 atom stereocenters. The first-order valence-corrected chi connectivity index (χ1v) is 5.71. The fourth-order valence-corrected chi connectivity index (χ4v) is 1.36. The molecule has 18 heavy (non-hydrogen) atoms. The molecule has 0 spiro atoms. The van der Waals surface area contributed by atoms with Crippen LogP contribution in [-0.2, 0) is 14.3 Å². The number of carboxylic acids is 1. The monoisotopic (exact) mass is 255 g/mol. The van der Waals surface area contributed by atoms with Crippen LogP contribution in [0.2, 0.25) is 0 Å². The Morgan fingerprint density at radius 2 is 2.00 bits per heavy atom. The highest BCUT2D eigenvalue weighted by Crippen LogP contribution is 2.10. The summed E-state index contributed by atoms with van der Waals surface area (Å²) in [5, 5.41) is 9.02. The Kier molecular flexibility index (Phi) is 7.71. The van der Waals surface area contributed by atoms with Crippen molar-refractivity contribution >= 4 is 11.9 Å². The summed E-state index contributed by atoms with van der Waals surface area (Å²) in [6.07, 6.45) is 2.96. The average molecular weight is 255 g/mol. The lowest BCUT2D eigenvalue weighted by Crippen LogP contribution is -2.14. The van der Waals surface area contributed by atoms with E-state index in [0.29, 0.717) is 12.0 Å². The summed E-state index contributed by atoms with van der Waals surface area (Å²) in [6.45, 7) is 4.37. The number of carbonyl (C=O) groups excluding carboxylic acids is 1. The fraction of sp³-hybridized carbons (Fsp3) is 0.538. The Morgan fingerprint density at radius 1 is 1.39 bits per heavy atom. The zero-order valence-corrected chi connectivity index (χ0v) is 11.2. The molecule has 1 N–H and O–H groups in total. The molecule has 102 valence electrons. The standard InChI is InChI=1S/C13H21NO4/c1-10(13(17)18-4)7-8-11(12(15)16)6-5-9-14(2)3/h8H,1,5-7,9H2,2-4H3,(H,15,16). The number of carboxylic acid groups (broad SMARTS) is 1. The van der Waals surface area contributed by atoms with E-state index in [0.717, 1.165) is 13.0 Å². The van der Waals surface area contributed by atoms with Gasteiger partial charge < -0.3 is 14.7 Å². The highest BCUT2D eigenvalue weighted by atomic mass is 16.5. The van der Waals surface area contributed by atoms with Crippen LogP contribution in [0.5, 0.6) is 0 Å². The van der Waals surface area contributed by atoms with E-state index >= 15 is 0 Å². The summed E-state index contributed by atoms with van der Waals surface area (Å²) in [7, 11) is 5.14. The van der Waals surface area contributed by atoms with E-state index in [1.165, 1.54) is 13.2 Å². The molecule has 0 radical (unpaired) electrons. The lowest BCUT2D eigenvalue weighted by Gasteiger charge is -2.09. The first-order valence-electron chi connectivity index (χ1n) is 5.71. The fourth-order valence-electron chi connectivity index (χ4n) is 1.36. The SMILES string of the molecule is C=C(CC=C(CCCN(C)C)C(=O)O)C(=O)OC. The van der Waals surface area contributed by atoms with E-state index in [2.05, 4.69) is 11.3 Å². The van der Waals surface area contributed by atoms with Crippen LogP contribution >= 0.6 is 0 Å². The maximum atomic E-state index is 11.1. The number of nitrogens with zero attached hydrogens (tertiary/aromatic N) is 1. The van der Waals surface area contributed by atoms with Crippen LogP contribution in [0.15, 0.2) is 23.8 Å². The topological polar surface area (TPSA) is 66.8 Å². The van der Waals surface area contributed by atoms with Gasteiger partial charge in [-0.15, -0.1) is 0 Å². The summed E-state index contributed by atoms with van der Waals surface area (Å²) in [5.74, 6) is -1.46. The molecule has 0 bridgehead atoms. The molecule has 0 aliphatic carbocycles. The van der Waals surface area contributed by atoms with Crippen molar-refractivity contribution in [1.29, 1.82) is 0 Å². The lowest BCUT2D eigenvalue weighted by atomic mass is 10.1. The van der Waals surface area contributed by atoms with Crippen molar-refractivity contribution in [2.75, 3.05) is 27.7 Å². The molecule has 0 heterocycles. The normalized spacial score (nSPS) is 11.4. The average Bonchev–Trinajstić information content (AvgIpc) is 2.31. The zero-order chi connectivity index (χ0) is 14.1. The number of carbonyl (C=O) groups is 2. The first kappa shape index (κ1) is 16.4. The third-order valence-electron chi connectivity index (χ3n) is 2.40. The molecule has 0 amide bonds. The number of rotatable bonds is 8. The van der Waals surface area contributed by atoms with Crippen molar-refractivity contribution in [3.05, 3.63) is 23.8 Å². The van der Waals surface area contributed by atoms with Gasteiger partial charge in [-0.2, -0.15) is 0 Å². The highest BCUT2D eigenvalue weighted by Gasteiger charge is 2.09. The molecule has 5 nitrogen and oxygen atoms in total. The summed E-state index contributed by atoms with van der Waals surface area (Å²) < 4.78 is 4.50. The Balaban J connectivity index is 4.37. The van der Waals surface area contributed by atoms with E-state index < -0.39 is 11.9 Å². The first-order chi connectivity index (χ1) is 8.38. The number of methoxy groups -OCH3 is 1. The summed E-state index contributed by atoms with van der Waals surface area (Å²) in [6, 6.07) is 0. The second-order valence-electron chi connectivity index (χ2n) is 4.24. The van der Waals surface area contributed by atoms with Gasteiger partial charge in [0.15, 0.2) is 0 Å². The second-order valence-corrected chi connectivity index (χ2v) is 4.24. The van der Waals surface area contributed by atoms with Gasteiger partial charge in [-0.05, 0) is 39.9 Å². The molecule has 0 aromatic heterocycles. The van der Waals surface area contributed by atoms with Crippen molar-refractivity contribution in [3.63, 3.8) is 0 Å². The molecule has 0 rings (SSSR count). The molecule has 5 heteroatoms. The molecule has 0 fully saturated rings. The maximum Gasteiger partial charge on any atom is 0.333 e. The van der Waals surface area contributed by atoms with Gasteiger partial charge in [0.05, 0.1) is 7.11 Å². The van der Waals surface area contributed by atoms with Gasteiger partial charge in [0.25, 0.3) is 0 Å². The predicted molar refractivity (Wildman–Crippen MR) is 69.3 cm³/mol. The smallest absolute Gasteiger partial charge is 0.333 e. The molecule has 0 aliphatic rings. The van der Waals surface area contributed by atoms with Crippen LogP contribution in [0.4, 0.5) is 0 Å². The quantitative estimate of drug-likeness (QED) is 0.525. The molecule has 0 unspecified atom stereocenters. The van der Waals surface area contributed by atoms with Gasteiger partial charge in [-0.1, -0.05) is 12.7 Å². The minimum Gasteiger partial charge on any atom is -0.478 e. The van der Waals surface area contributed by atoms with Crippen LogP contribution in [0, 0.1) is 0 Å².